The molecule has 0 fully saturated rings. The molecule has 0 spiro atoms. The van der Waals surface area contributed by atoms with Crippen LogP contribution in [0.2, 0.25) is 0 Å². The van der Waals surface area contributed by atoms with Gasteiger partial charge in [-0.3, -0.25) is 4.79 Å². The molecule has 1 atom stereocenters. The lowest BCUT2D eigenvalue weighted by Gasteiger charge is -2.29. The highest BCUT2D eigenvalue weighted by molar-refractivity contribution is 5.87. The second kappa shape index (κ2) is 9.02. The molecule has 8 heteroatoms. The summed E-state index contributed by atoms with van der Waals surface area (Å²) in [4.78, 5) is 17.2. The number of nitrogens with zero attached hydrogens (tertiary/aromatic N) is 2. The Morgan fingerprint density at radius 2 is 2.20 bits per heavy atom. The Kier molecular flexibility index (Phi) is 6.44. The lowest BCUT2D eigenvalue weighted by atomic mass is 9.92. The van der Waals surface area contributed by atoms with Crippen LogP contribution in [-0.4, -0.2) is 41.3 Å². The van der Waals surface area contributed by atoms with Gasteiger partial charge in [0.15, 0.2) is 0 Å². The zero-order valence-corrected chi connectivity index (χ0v) is 16.4. The van der Waals surface area contributed by atoms with E-state index in [4.69, 9.17) is 0 Å². The predicted octanol–water partition coefficient (Wildman–Crippen LogP) is 4.55. The van der Waals surface area contributed by atoms with Gasteiger partial charge < -0.3 is 15.0 Å². The smallest absolute Gasteiger partial charge is 0.388 e. The Balaban J connectivity index is 1.78. The first-order chi connectivity index (χ1) is 14.2. The van der Waals surface area contributed by atoms with Crippen molar-refractivity contribution in [2.24, 2.45) is 0 Å². The summed E-state index contributed by atoms with van der Waals surface area (Å²) >= 11 is 0. The van der Waals surface area contributed by atoms with E-state index in [9.17, 15) is 18.0 Å². The molecule has 1 N–H and O–H groups in total. The zero-order valence-electron chi connectivity index (χ0n) is 16.4. The molecule has 5 nitrogen and oxygen atoms in total. The maximum absolute atomic E-state index is 12.3. The number of rotatable bonds is 5. The van der Waals surface area contributed by atoms with E-state index in [2.05, 4.69) is 21.6 Å². The molecule has 0 saturated heterocycles. The minimum Gasteiger partial charge on any atom is -0.388 e. The number of aromatic nitrogens is 1. The summed E-state index contributed by atoms with van der Waals surface area (Å²) in [6.07, 6.45) is 8.54. The van der Waals surface area contributed by atoms with Gasteiger partial charge in [-0.05, 0) is 36.6 Å². The molecule has 1 aromatic heterocycles. The maximum atomic E-state index is 12.3. The van der Waals surface area contributed by atoms with E-state index in [0.29, 0.717) is 25.2 Å². The summed E-state index contributed by atoms with van der Waals surface area (Å²) in [5, 5.41) is 3.31. The molecule has 158 valence electrons. The Hall–Kier alpha value is -3.29. The number of hydrogen-bond acceptors (Lipinski definition) is 4. The van der Waals surface area contributed by atoms with Gasteiger partial charge in [-0.1, -0.05) is 42.5 Å². The number of halogens is 3. The third-order valence-corrected chi connectivity index (χ3v) is 4.74. The van der Waals surface area contributed by atoms with Gasteiger partial charge in [-0.2, -0.15) is 0 Å². The van der Waals surface area contributed by atoms with Crippen molar-refractivity contribution >= 4 is 11.6 Å². The van der Waals surface area contributed by atoms with Crippen molar-refractivity contribution in [2.45, 2.75) is 25.7 Å². The average molecular weight is 417 g/mol. The number of alkyl halides is 3. The van der Waals surface area contributed by atoms with Crippen molar-refractivity contribution in [1.82, 2.24) is 9.88 Å². The van der Waals surface area contributed by atoms with Crippen molar-refractivity contribution in [2.75, 3.05) is 18.4 Å². The van der Waals surface area contributed by atoms with Crippen LogP contribution in [0, 0.1) is 0 Å². The molecule has 1 aromatic rings. The number of ether oxygens (including phenoxy) is 1. The number of amides is 1. The van der Waals surface area contributed by atoms with Gasteiger partial charge in [0.25, 0.3) is 0 Å². The van der Waals surface area contributed by atoms with Crippen LogP contribution in [0.25, 0.3) is 0 Å². The van der Waals surface area contributed by atoms with Crippen LogP contribution < -0.4 is 10.1 Å². The molecule has 0 bridgehead atoms. The summed E-state index contributed by atoms with van der Waals surface area (Å²) in [5.74, 6) is -0.613. The quantitative estimate of drug-likeness (QED) is 0.715. The molecule has 3 rings (SSSR count). The van der Waals surface area contributed by atoms with Crippen LogP contribution in [0.3, 0.4) is 0 Å². The fraction of sp³-hybridized carbons (Fsp3) is 0.273. The van der Waals surface area contributed by atoms with Crippen LogP contribution in [0.5, 0.6) is 5.88 Å². The Morgan fingerprint density at radius 1 is 1.40 bits per heavy atom. The fourth-order valence-electron chi connectivity index (χ4n) is 3.33. The summed E-state index contributed by atoms with van der Waals surface area (Å²) in [7, 11) is 0. The summed E-state index contributed by atoms with van der Waals surface area (Å²) < 4.78 is 40.8. The summed E-state index contributed by atoms with van der Waals surface area (Å²) in [6, 6.07) is 2.46. The highest BCUT2D eigenvalue weighted by Gasteiger charge is 2.31. The van der Waals surface area contributed by atoms with Gasteiger partial charge in [0.05, 0.1) is 17.9 Å². The van der Waals surface area contributed by atoms with Crippen molar-refractivity contribution in [1.29, 1.82) is 0 Å². The van der Waals surface area contributed by atoms with E-state index >= 15 is 0 Å². The van der Waals surface area contributed by atoms with Crippen molar-refractivity contribution in [3.63, 3.8) is 0 Å². The molecule has 0 radical (unpaired) electrons. The molecule has 1 unspecified atom stereocenters. The molecule has 1 aliphatic heterocycles. The molecule has 1 amide bonds. The Bertz CT molecular complexity index is 928. The zero-order chi connectivity index (χ0) is 21.7. The third-order valence-electron chi connectivity index (χ3n) is 4.74. The van der Waals surface area contributed by atoms with E-state index in [1.165, 1.54) is 24.4 Å². The van der Waals surface area contributed by atoms with Crippen LogP contribution >= 0.6 is 0 Å². The minimum absolute atomic E-state index is 0.0994. The topological polar surface area (TPSA) is 54.5 Å². The third kappa shape index (κ3) is 5.62. The van der Waals surface area contributed by atoms with Gasteiger partial charge in [-0.15, -0.1) is 13.2 Å². The fourth-order valence-corrected chi connectivity index (χ4v) is 3.33. The van der Waals surface area contributed by atoms with Gasteiger partial charge in [0.2, 0.25) is 11.8 Å². The molecule has 30 heavy (non-hydrogen) atoms. The Morgan fingerprint density at radius 3 is 2.80 bits per heavy atom. The maximum Gasteiger partial charge on any atom is 0.574 e. The van der Waals surface area contributed by atoms with E-state index in [1.807, 2.05) is 37.3 Å². The molecule has 0 aromatic carbocycles. The lowest BCUT2D eigenvalue weighted by Crippen LogP contribution is -2.34. The van der Waals surface area contributed by atoms with Crippen LogP contribution in [-0.2, 0) is 4.79 Å². The first-order valence-electron chi connectivity index (χ1n) is 9.41. The van der Waals surface area contributed by atoms with Crippen molar-refractivity contribution < 1.29 is 22.7 Å². The molecule has 1 aliphatic carbocycles. The summed E-state index contributed by atoms with van der Waals surface area (Å²) in [6.45, 7) is 6.59. The van der Waals surface area contributed by atoms with E-state index < -0.39 is 12.2 Å². The van der Waals surface area contributed by atoms with E-state index in [1.54, 1.807) is 4.90 Å². The monoisotopic (exact) mass is 417 g/mol. The number of pyridine rings is 1. The van der Waals surface area contributed by atoms with Crippen LogP contribution in [0.4, 0.5) is 18.9 Å². The minimum atomic E-state index is -4.78. The number of allylic oxidation sites excluding steroid dienone is 4. The predicted molar refractivity (Wildman–Crippen MR) is 109 cm³/mol. The van der Waals surface area contributed by atoms with E-state index in [-0.39, 0.29) is 11.9 Å². The van der Waals surface area contributed by atoms with E-state index in [0.717, 1.165) is 16.7 Å². The van der Waals surface area contributed by atoms with Crippen molar-refractivity contribution in [3.8, 4) is 5.88 Å². The first-order valence-corrected chi connectivity index (χ1v) is 9.41. The number of carbonyl (C=O) groups excluding carboxylic acids is 1. The normalized spacial score (nSPS) is 19.3. The van der Waals surface area contributed by atoms with Crippen LogP contribution in [0.1, 0.15) is 13.3 Å². The van der Waals surface area contributed by atoms with Gasteiger partial charge in [-0.25, -0.2) is 4.98 Å². The average Bonchev–Trinajstić information content (AvgIpc) is 2.89. The second-order valence-electron chi connectivity index (χ2n) is 6.91. The molecule has 0 saturated carbocycles. The highest BCUT2D eigenvalue weighted by Crippen LogP contribution is 2.28. The SMILES string of the molecule is C=CC(=O)N1CC=C(C2=CC=CC(C)=CC2Nc2ccc(OC(F)(F)F)nc2)CC1. The summed E-state index contributed by atoms with van der Waals surface area (Å²) in [5.41, 5.74) is 3.75. The highest BCUT2D eigenvalue weighted by atomic mass is 19.4. The largest absolute Gasteiger partial charge is 0.574 e. The van der Waals surface area contributed by atoms with Crippen molar-refractivity contribution in [3.05, 3.63) is 78.1 Å². The first kappa shape index (κ1) is 21.4. The second-order valence-corrected chi connectivity index (χ2v) is 6.91. The van der Waals surface area contributed by atoms with Gasteiger partial charge >= 0.3 is 6.36 Å². The van der Waals surface area contributed by atoms with Gasteiger partial charge in [0, 0.05) is 19.2 Å². The molecule has 2 heterocycles. The molecular weight excluding hydrogens is 395 g/mol. The number of hydrogen-bond donors (Lipinski definition) is 1. The molecule has 2 aliphatic rings. The molecular formula is C22H22F3N3O2. The standard InChI is InChI=1S/C22H22F3N3O2/c1-3-21(29)28-11-9-16(10-12-28)18-6-4-5-15(2)13-19(18)27-17-7-8-20(26-14-17)30-22(23,24)25/h3-9,13-14,19,27H,1,10-12H2,2H3. The van der Waals surface area contributed by atoms with Crippen LogP contribution in [0.15, 0.2) is 78.1 Å². The lowest BCUT2D eigenvalue weighted by molar-refractivity contribution is -0.276. The number of nitrogens with one attached hydrogen (secondary N) is 1. The number of carbonyl (C=O) groups is 1. The van der Waals surface area contributed by atoms with Gasteiger partial charge in [0.1, 0.15) is 0 Å². The Labute approximate surface area is 172 Å². The number of anilines is 1.